The lowest BCUT2D eigenvalue weighted by Crippen LogP contribution is -2.35. The molecule has 2 N–H and O–H groups in total. The minimum absolute atomic E-state index is 0.497. The molecule has 2 nitrogen and oxygen atoms in total. The fourth-order valence-corrected chi connectivity index (χ4v) is 2.78. The molecule has 1 aromatic rings. The Kier molecular flexibility index (Phi) is 4.06. The van der Waals surface area contributed by atoms with Gasteiger partial charge in [0.05, 0.1) is 0 Å². The van der Waals surface area contributed by atoms with E-state index < -0.39 is 0 Å². The lowest BCUT2D eigenvalue weighted by molar-refractivity contribution is 0.139. The van der Waals surface area contributed by atoms with E-state index in [1.165, 1.54) is 37.9 Å². The number of hydrogen-bond donors (Lipinski definition) is 1. The van der Waals surface area contributed by atoms with Crippen molar-refractivity contribution in [2.24, 2.45) is 5.92 Å². The summed E-state index contributed by atoms with van der Waals surface area (Å²) in [4.78, 5) is 2.58. The predicted molar refractivity (Wildman–Crippen MR) is 73.9 cm³/mol. The van der Waals surface area contributed by atoms with Crippen molar-refractivity contribution in [3.05, 3.63) is 29.8 Å². The third kappa shape index (κ3) is 3.01. The van der Waals surface area contributed by atoms with E-state index in [1.807, 2.05) is 6.07 Å². The Labute approximate surface area is 105 Å². The molecule has 0 aliphatic carbocycles. The van der Waals surface area contributed by atoms with Crippen molar-refractivity contribution < 1.29 is 0 Å². The first-order chi connectivity index (χ1) is 8.20. The standard InChI is InChI=1S/C15H24N2/c1-3-13-7-9-17(10-8-13)12(2)14-5-4-6-15(16)11-14/h4-6,11-13H,3,7-10,16H2,1-2H3. The Bertz CT molecular complexity index is 354. The predicted octanol–water partition coefficient (Wildman–Crippen LogP) is 3.45. The van der Waals surface area contributed by atoms with Gasteiger partial charge in [0.1, 0.15) is 0 Å². The van der Waals surface area contributed by atoms with Gasteiger partial charge in [0.2, 0.25) is 0 Å². The summed E-state index contributed by atoms with van der Waals surface area (Å²) in [6.07, 6.45) is 4.03. The molecule has 1 aliphatic rings. The monoisotopic (exact) mass is 232 g/mol. The van der Waals surface area contributed by atoms with Crippen molar-refractivity contribution in [2.45, 2.75) is 39.2 Å². The van der Waals surface area contributed by atoms with Gasteiger partial charge >= 0.3 is 0 Å². The van der Waals surface area contributed by atoms with Crippen molar-refractivity contribution in [1.29, 1.82) is 0 Å². The molecule has 0 bridgehead atoms. The highest BCUT2D eigenvalue weighted by molar-refractivity contribution is 5.41. The first-order valence-electron chi connectivity index (χ1n) is 6.80. The SMILES string of the molecule is CCC1CCN(C(C)c2cccc(N)c2)CC1. The van der Waals surface area contributed by atoms with Crippen LogP contribution >= 0.6 is 0 Å². The number of piperidine rings is 1. The molecule has 2 rings (SSSR count). The molecular weight excluding hydrogens is 208 g/mol. The largest absolute Gasteiger partial charge is 0.399 e. The van der Waals surface area contributed by atoms with Crippen LogP contribution in [0.1, 0.15) is 44.7 Å². The van der Waals surface area contributed by atoms with Crippen LogP contribution in [0.4, 0.5) is 5.69 Å². The fourth-order valence-electron chi connectivity index (χ4n) is 2.78. The molecule has 0 spiro atoms. The van der Waals surface area contributed by atoms with Gasteiger partial charge < -0.3 is 5.73 Å². The van der Waals surface area contributed by atoms with Crippen LogP contribution in [0, 0.1) is 5.92 Å². The second-order valence-corrected chi connectivity index (χ2v) is 5.23. The van der Waals surface area contributed by atoms with E-state index in [-0.39, 0.29) is 0 Å². The number of likely N-dealkylation sites (tertiary alicyclic amines) is 1. The Balaban J connectivity index is 1.99. The molecule has 1 heterocycles. The van der Waals surface area contributed by atoms with E-state index in [0.717, 1.165) is 11.6 Å². The van der Waals surface area contributed by atoms with Crippen LogP contribution in [0.15, 0.2) is 24.3 Å². The van der Waals surface area contributed by atoms with Crippen LogP contribution < -0.4 is 5.73 Å². The fraction of sp³-hybridized carbons (Fsp3) is 0.600. The van der Waals surface area contributed by atoms with Crippen molar-refractivity contribution in [3.63, 3.8) is 0 Å². The highest BCUT2D eigenvalue weighted by atomic mass is 15.2. The first-order valence-corrected chi connectivity index (χ1v) is 6.80. The van der Waals surface area contributed by atoms with Crippen LogP contribution in [0.5, 0.6) is 0 Å². The second-order valence-electron chi connectivity index (χ2n) is 5.23. The Morgan fingerprint density at radius 2 is 2.06 bits per heavy atom. The molecule has 1 saturated heterocycles. The van der Waals surface area contributed by atoms with Gasteiger partial charge in [-0.05, 0) is 56.5 Å². The number of nitrogens with two attached hydrogens (primary N) is 1. The maximum absolute atomic E-state index is 5.85. The third-order valence-corrected chi connectivity index (χ3v) is 4.17. The van der Waals surface area contributed by atoms with Crippen molar-refractivity contribution in [2.75, 3.05) is 18.8 Å². The van der Waals surface area contributed by atoms with E-state index in [4.69, 9.17) is 5.73 Å². The minimum Gasteiger partial charge on any atom is -0.399 e. The highest BCUT2D eigenvalue weighted by Gasteiger charge is 2.22. The zero-order chi connectivity index (χ0) is 12.3. The summed E-state index contributed by atoms with van der Waals surface area (Å²) >= 11 is 0. The lowest BCUT2D eigenvalue weighted by atomic mass is 9.92. The van der Waals surface area contributed by atoms with Crippen LogP contribution in [0.2, 0.25) is 0 Å². The van der Waals surface area contributed by atoms with Crippen LogP contribution in [-0.2, 0) is 0 Å². The average molecular weight is 232 g/mol. The zero-order valence-electron chi connectivity index (χ0n) is 11.0. The molecule has 17 heavy (non-hydrogen) atoms. The van der Waals surface area contributed by atoms with Crippen molar-refractivity contribution >= 4 is 5.69 Å². The number of nitrogen functional groups attached to an aromatic ring is 1. The quantitative estimate of drug-likeness (QED) is 0.809. The van der Waals surface area contributed by atoms with Gasteiger partial charge in [0.15, 0.2) is 0 Å². The van der Waals surface area contributed by atoms with E-state index >= 15 is 0 Å². The van der Waals surface area contributed by atoms with Gasteiger partial charge in [-0.1, -0.05) is 25.5 Å². The maximum atomic E-state index is 5.85. The molecule has 94 valence electrons. The maximum Gasteiger partial charge on any atom is 0.0320 e. The minimum atomic E-state index is 0.497. The Hall–Kier alpha value is -1.02. The molecule has 1 unspecified atom stereocenters. The summed E-state index contributed by atoms with van der Waals surface area (Å²) in [5.41, 5.74) is 8.07. The molecule has 1 fully saturated rings. The van der Waals surface area contributed by atoms with E-state index in [2.05, 4.69) is 36.9 Å². The summed E-state index contributed by atoms with van der Waals surface area (Å²) < 4.78 is 0. The highest BCUT2D eigenvalue weighted by Crippen LogP contribution is 2.28. The molecule has 0 radical (unpaired) electrons. The third-order valence-electron chi connectivity index (χ3n) is 4.17. The van der Waals surface area contributed by atoms with Crippen LogP contribution in [0.3, 0.4) is 0 Å². The first kappa shape index (κ1) is 12.4. The number of anilines is 1. The molecule has 2 heteroatoms. The Morgan fingerprint density at radius 3 is 2.65 bits per heavy atom. The topological polar surface area (TPSA) is 29.3 Å². The van der Waals surface area contributed by atoms with E-state index in [1.54, 1.807) is 0 Å². The number of rotatable bonds is 3. The summed E-state index contributed by atoms with van der Waals surface area (Å²) in [6.45, 7) is 7.06. The molecular formula is C15H24N2. The van der Waals surface area contributed by atoms with Gasteiger partial charge in [-0.2, -0.15) is 0 Å². The smallest absolute Gasteiger partial charge is 0.0320 e. The van der Waals surface area contributed by atoms with Crippen LogP contribution in [-0.4, -0.2) is 18.0 Å². The zero-order valence-corrected chi connectivity index (χ0v) is 11.0. The van der Waals surface area contributed by atoms with E-state index in [0.29, 0.717) is 6.04 Å². The average Bonchev–Trinajstić information content (AvgIpc) is 2.38. The van der Waals surface area contributed by atoms with Gasteiger partial charge in [0, 0.05) is 11.7 Å². The van der Waals surface area contributed by atoms with Gasteiger partial charge in [-0.3, -0.25) is 4.90 Å². The number of nitrogens with zero attached hydrogens (tertiary/aromatic N) is 1. The normalized spacial score (nSPS) is 20.4. The van der Waals surface area contributed by atoms with Crippen LogP contribution in [0.25, 0.3) is 0 Å². The summed E-state index contributed by atoms with van der Waals surface area (Å²) in [5.74, 6) is 0.944. The molecule has 1 aromatic carbocycles. The van der Waals surface area contributed by atoms with Gasteiger partial charge in [-0.15, -0.1) is 0 Å². The second kappa shape index (κ2) is 5.54. The van der Waals surface area contributed by atoms with E-state index in [9.17, 15) is 0 Å². The van der Waals surface area contributed by atoms with Crippen molar-refractivity contribution in [3.8, 4) is 0 Å². The van der Waals surface area contributed by atoms with Crippen molar-refractivity contribution in [1.82, 2.24) is 4.90 Å². The summed E-state index contributed by atoms with van der Waals surface area (Å²) in [6, 6.07) is 8.81. The number of hydrogen-bond acceptors (Lipinski definition) is 2. The molecule has 1 aliphatic heterocycles. The van der Waals surface area contributed by atoms with Gasteiger partial charge in [0.25, 0.3) is 0 Å². The summed E-state index contributed by atoms with van der Waals surface area (Å²) in [7, 11) is 0. The molecule has 1 atom stereocenters. The number of benzene rings is 1. The molecule has 0 saturated carbocycles. The Morgan fingerprint density at radius 1 is 1.35 bits per heavy atom. The van der Waals surface area contributed by atoms with Gasteiger partial charge in [-0.25, -0.2) is 0 Å². The molecule has 0 aromatic heterocycles. The molecule has 0 amide bonds. The lowest BCUT2D eigenvalue weighted by Gasteiger charge is -2.36. The summed E-state index contributed by atoms with van der Waals surface area (Å²) in [5, 5.41) is 0.